The molecule has 2 aromatic rings. The SMILES string of the molecule is CCOc1ccc(NC(=O)C2CCN(c3cn[nH]c(=O)c3)CC2)cc1. The molecule has 1 aromatic heterocycles. The molecular weight excluding hydrogens is 320 g/mol. The van der Waals surface area contributed by atoms with Gasteiger partial charge in [0.2, 0.25) is 5.91 Å². The van der Waals surface area contributed by atoms with E-state index in [9.17, 15) is 9.59 Å². The van der Waals surface area contributed by atoms with E-state index < -0.39 is 0 Å². The molecule has 1 aliphatic heterocycles. The minimum absolute atomic E-state index is 0.0298. The fourth-order valence-electron chi connectivity index (χ4n) is 2.98. The highest BCUT2D eigenvalue weighted by atomic mass is 16.5. The highest BCUT2D eigenvalue weighted by molar-refractivity contribution is 5.92. The number of H-pyrrole nitrogens is 1. The van der Waals surface area contributed by atoms with Gasteiger partial charge >= 0.3 is 0 Å². The first-order valence-electron chi connectivity index (χ1n) is 8.49. The van der Waals surface area contributed by atoms with Crippen LogP contribution in [0.4, 0.5) is 11.4 Å². The van der Waals surface area contributed by atoms with Crippen LogP contribution in [0.2, 0.25) is 0 Å². The number of ether oxygens (including phenoxy) is 1. The van der Waals surface area contributed by atoms with Gasteiger partial charge in [0.05, 0.1) is 18.5 Å². The lowest BCUT2D eigenvalue weighted by atomic mass is 9.95. The van der Waals surface area contributed by atoms with E-state index in [-0.39, 0.29) is 17.4 Å². The van der Waals surface area contributed by atoms with E-state index in [0.29, 0.717) is 6.61 Å². The van der Waals surface area contributed by atoms with E-state index in [4.69, 9.17) is 4.74 Å². The number of hydrogen-bond donors (Lipinski definition) is 2. The molecule has 0 spiro atoms. The number of piperidine rings is 1. The van der Waals surface area contributed by atoms with E-state index in [1.54, 1.807) is 6.20 Å². The molecule has 2 heterocycles. The molecule has 1 amide bonds. The van der Waals surface area contributed by atoms with Gasteiger partial charge in [0.25, 0.3) is 5.56 Å². The summed E-state index contributed by atoms with van der Waals surface area (Å²) in [6.45, 7) is 4.01. The Bertz CT molecular complexity index is 764. The van der Waals surface area contributed by atoms with Crippen molar-refractivity contribution in [3.63, 3.8) is 0 Å². The Morgan fingerprint density at radius 1 is 1.32 bits per heavy atom. The third-order valence-corrected chi connectivity index (χ3v) is 4.31. The van der Waals surface area contributed by atoms with Crippen LogP contribution in [-0.2, 0) is 4.79 Å². The number of aromatic amines is 1. The van der Waals surface area contributed by atoms with Crippen LogP contribution in [0.5, 0.6) is 5.75 Å². The number of anilines is 2. The van der Waals surface area contributed by atoms with Crippen LogP contribution in [0.1, 0.15) is 19.8 Å². The number of nitrogens with one attached hydrogen (secondary N) is 2. The molecule has 0 aliphatic carbocycles. The predicted molar refractivity (Wildman–Crippen MR) is 96.0 cm³/mol. The second-order valence-corrected chi connectivity index (χ2v) is 6.01. The van der Waals surface area contributed by atoms with Gasteiger partial charge in [-0.05, 0) is 44.0 Å². The monoisotopic (exact) mass is 342 g/mol. The summed E-state index contributed by atoms with van der Waals surface area (Å²) < 4.78 is 5.40. The van der Waals surface area contributed by atoms with Crippen molar-refractivity contribution in [3.05, 3.63) is 46.9 Å². The van der Waals surface area contributed by atoms with Crippen LogP contribution in [0.15, 0.2) is 41.3 Å². The predicted octanol–water partition coefficient (Wildman–Crippen LogP) is 2.02. The number of nitrogens with zero attached hydrogens (tertiary/aromatic N) is 2. The summed E-state index contributed by atoms with van der Waals surface area (Å²) in [5.41, 5.74) is 1.36. The van der Waals surface area contributed by atoms with Gasteiger partial charge in [0.15, 0.2) is 0 Å². The van der Waals surface area contributed by atoms with Gasteiger partial charge in [-0.15, -0.1) is 0 Å². The molecule has 2 N–H and O–H groups in total. The molecule has 0 saturated carbocycles. The first-order chi connectivity index (χ1) is 12.2. The lowest BCUT2D eigenvalue weighted by molar-refractivity contribution is -0.120. The summed E-state index contributed by atoms with van der Waals surface area (Å²) in [4.78, 5) is 25.9. The van der Waals surface area contributed by atoms with E-state index in [1.165, 1.54) is 6.07 Å². The van der Waals surface area contributed by atoms with Gasteiger partial charge in [0.1, 0.15) is 5.75 Å². The number of carbonyl (C=O) groups is 1. The second-order valence-electron chi connectivity index (χ2n) is 6.01. The third kappa shape index (κ3) is 4.37. The van der Waals surface area contributed by atoms with Crippen LogP contribution >= 0.6 is 0 Å². The first-order valence-corrected chi connectivity index (χ1v) is 8.49. The first kappa shape index (κ1) is 17.0. The lowest BCUT2D eigenvalue weighted by Crippen LogP contribution is -2.38. The summed E-state index contributed by atoms with van der Waals surface area (Å²) in [6, 6.07) is 8.93. The van der Waals surface area contributed by atoms with Crippen LogP contribution < -0.4 is 20.5 Å². The molecule has 0 unspecified atom stereocenters. The fraction of sp³-hybridized carbons (Fsp3) is 0.389. The van der Waals surface area contributed by atoms with Crippen LogP contribution in [-0.4, -0.2) is 35.8 Å². The second kappa shape index (κ2) is 7.83. The Balaban J connectivity index is 1.53. The van der Waals surface area contributed by atoms with Gasteiger partial charge in [0, 0.05) is 30.8 Å². The van der Waals surface area contributed by atoms with Crippen molar-refractivity contribution in [2.24, 2.45) is 5.92 Å². The Labute approximate surface area is 146 Å². The number of carbonyl (C=O) groups excluding carboxylic acids is 1. The zero-order valence-electron chi connectivity index (χ0n) is 14.2. The highest BCUT2D eigenvalue weighted by Gasteiger charge is 2.25. The maximum Gasteiger partial charge on any atom is 0.266 e. The van der Waals surface area contributed by atoms with Crippen molar-refractivity contribution >= 4 is 17.3 Å². The summed E-state index contributed by atoms with van der Waals surface area (Å²) in [5, 5.41) is 9.16. The quantitative estimate of drug-likeness (QED) is 0.868. The van der Waals surface area contributed by atoms with Gasteiger partial charge in [-0.3, -0.25) is 9.59 Å². The number of benzene rings is 1. The molecule has 0 radical (unpaired) electrons. The number of aromatic nitrogens is 2. The molecule has 1 aromatic carbocycles. The van der Waals surface area contributed by atoms with Crippen molar-refractivity contribution in [1.82, 2.24) is 10.2 Å². The van der Waals surface area contributed by atoms with Gasteiger partial charge in [-0.25, -0.2) is 5.10 Å². The number of amides is 1. The average Bonchev–Trinajstić information content (AvgIpc) is 2.64. The Morgan fingerprint density at radius 3 is 2.68 bits per heavy atom. The minimum Gasteiger partial charge on any atom is -0.494 e. The molecule has 1 aliphatic rings. The molecule has 1 fully saturated rings. The van der Waals surface area contributed by atoms with E-state index >= 15 is 0 Å². The van der Waals surface area contributed by atoms with Crippen molar-refractivity contribution < 1.29 is 9.53 Å². The highest BCUT2D eigenvalue weighted by Crippen LogP contribution is 2.23. The van der Waals surface area contributed by atoms with Gasteiger partial charge in [-0.2, -0.15) is 5.10 Å². The fourth-order valence-corrected chi connectivity index (χ4v) is 2.98. The molecule has 7 heteroatoms. The zero-order chi connectivity index (χ0) is 17.6. The van der Waals surface area contributed by atoms with Crippen LogP contribution in [0.3, 0.4) is 0 Å². The summed E-state index contributed by atoms with van der Waals surface area (Å²) in [6.07, 6.45) is 3.13. The number of hydrogen-bond acceptors (Lipinski definition) is 5. The largest absolute Gasteiger partial charge is 0.494 e. The molecule has 1 saturated heterocycles. The standard InChI is InChI=1S/C18H22N4O3/c1-2-25-16-5-3-14(4-6-16)20-18(24)13-7-9-22(10-8-13)15-11-17(23)21-19-12-15/h3-6,11-13H,2,7-10H2,1H3,(H,20,24)(H,21,23). The van der Waals surface area contributed by atoms with Crippen molar-refractivity contribution in [1.29, 1.82) is 0 Å². The maximum atomic E-state index is 12.4. The van der Waals surface area contributed by atoms with Crippen LogP contribution in [0.25, 0.3) is 0 Å². The molecule has 132 valence electrons. The summed E-state index contributed by atoms with van der Waals surface area (Å²) >= 11 is 0. The zero-order valence-corrected chi connectivity index (χ0v) is 14.2. The summed E-state index contributed by atoms with van der Waals surface area (Å²) in [5.74, 6) is 0.797. The topological polar surface area (TPSA) is 87.3 Å². The van der Waals surface area contributed by atoms with E-state index in [2.05, 4.69) is 20.4 Å². The normalized spacial score (nSPS) is 15.0. The minimum atomic E-state index is -0.215. The Morgan fingerprint density at radius 2 is 2.04 bits per heavy atom. The van der Waals surface area contributed by atoms with Crippen molar-refractivity contribution in [3.8, 4) is 5.75 Å². The third-order valence-electron chi connectivity index (χ3n) is 4.31. The molecular formula is C18H22N4O3. The van der Waals surface area contributed by atoms with Crippen molar-refractivity contribution in [2.45, 2.75) is 19.8 Å². The van der Waals surface area contributed by atoms with Crippen LogP contribution in [0, 0.1) is 5.92 Å². The van der Waals surface area contributed by atoms with Gasteiger partial charge < -0.3 is 15.0 Å². The molecule has 25 heavy (non-hydrogen) atoms. The Kier molecular flexibility index (Phi) is 5.33. The van der Waals surface area contributed by atoms with E-state index in [0.717, 1.165) is 43.1 Å². The number of rotatable bonds is 5. The van der Waals surface area contributed by atoms with E-state index in [1.807, 2.05) is 31.2 Å². The lowest BCUT2D eigenvalue weighted by Gasteiger charge is -2.32. The summed E-state index contributed by atoms with van der Waals surface area (Å²) in [7, 11) is 0. The van der Waals surface area contributed by atoms with Crippen molar-refractivity contribution in [2.75, 3.05) is 29.9 Å². The smallest absolute Gasteiger partial charge is 0.266 e. The Hall–Kier alpha value is -2.83. The maximum absolute atomic E-state index is 12.4. The molecule has 0 atom stereocenters. The van der Waals surface area contributed by atoms with Gasteiger partial charge in [-0.1, -0.05) is 0 Å². The molecule has 3 rings (SSSR count). The molecule has 0 bridgehead atoms. The average molecular weight is 342 g/mol. The molecule has 7 nitrogen and oxygen atoms in total.